The maximum Gasteiger partial charge on any atom is 0.429 e. The summed E-state index contributed by atoms with van der Waals surface area (Å²) >= 11 is 6.12. The summed E-state index contributed by atoms with van der Waals surface area (Å²) in [6, 6.07) is 22.7. The van der Waals surface area contributed by atoms with Gasteiger partial charge < -0.3 is 4.65 Å². The molecule has 0 spiro atoms. The first kappa shape index (κ1) is 18.0. The molecule has 0 radical (unpaired) electrons. The molecule has 0 amide bonds. The van der Waals surface area contributed by atoms with Crippen LogP contribution in [0, 0.1) is 17.1 Å². The zero-order valence-electron chi connectivity index (χ0n) is 14.6. The molecule has 4 aromatic rings. The second-order valence-electron chi connectivity index (χ2n) is 6.23. The molecule has 134 valence electrons. The van der Waals surface area contributed by atoms with Crippen LogP contribution in [0.25, 0.3) is 10.9 Å². The summed E-state index contributed by atoms with van der Waals surface area (Å²) in [5.74, 6) is 0.0785. The van der Waals surface area contributed by atoms with E-state index in [1.54, 1.807) is 42.6 Å². The molecule has 0 aliphatic heterocycles. The minimum absolute atomic E-state index is 0.288. The lowest BCUT2D eigenvalue weighted by molar-refractivity contribution is 0.588. The lowest BCUT2D eigenvalue weighted by Crippen LogP contribution is -2.49. The largest absolute Gasteiger partial charge is 0.550 e. The Kier molecular flexibility index (Phi) is 4.97. The highest BCUT2D eigenvalue weighted by Gasteiger charge is 2.28. The van der Waals surface area contributed by atoms with Gasteiger partial charge in [-0.2, -0.15) is 5.26 Å². The Hall–Kier alpha value is -3.36. The summed E-state index contributed by atoms with van der Waals surface area (Å²) in [5, 5.41) is 10.6. The van der Waals surface area contributed by atoms with E-state index in [0.717, 1.165) is 5.39 Å². The second kappa shape index (κ2) is 7.71. The number of rotatable bonds is 4. The van der Waals surface area contributed by atoms with Gasteiger partial charge in [0.25, 0.3) is 0 Å². The van der Waals surface area contributed by atoms with Gasteiger partial charge in [-0.05, 0) is 47.9 Å². The zero-order chi connectivity index (χ0) is 19.5. The molecule has 0 aliphatic rings. The van der Waals surface area contributed by atoms with Crippen LogP contribution in [-0.2, 0) is 0 Å². The predicted octanol–water partition coefficient (Wildman–Crippen LogP) is 4.08. The second-order valence-corrected chi connectivity index (χ2v) is 6.67. The number of nitriles is 1. The van der Waals surface area contributed by atoms with Crippen molar-refractivity contribution in [2.45, 2.75) is 0 Å². The first-order valence-corrected chi connectivity index (χ1v) is 8.99. The third kappa shape index (κ3) is 3.55. The van der Waals surface area contributed by atoms with Gasteiger partial charge in [-0.1, -0.05) is 41.9 Å². The van der Waals surface area contributed by atoms with Crippen LogP contribution in [0.1, 0.15) is 5.56 Å². The van der Waals surface area contributed by atoms with Crippen LogP contribution < -0.4 is 15.6 Å². The minimum Gasteiger partial charge on any atom is -0.550 e. The number of benzene rings is 3. The van der Waals surface area contributed by atoms with E-state index in [1.807, 2.05) is 24.3 Å². The van der Waals surface area contributed by atoms with E-state index in [9.17, 15) is 9.65 Å². The fourth-order valence-electron chi connectivity index (χ4n) is 3.10. The van der Waals surface area contributed by atoms with Crippen molar-refractivity contribution in [3.63, 3.8) is 0 Å². The Morgan fingerprint density at radius 3 is 2.68 bits per heavy atom. The molecular weight excluding hydrogens is 374 g/mol. The summed E-state index contributed by atoms with van der Waals surface area (Å²) < 4.78 is 20.9. The van der Waals surface area contributed by atoms with Gasteiger partial charge >= 0.3 is 6.92 Å². The molecule has 28 heavy (non-hydrogen) atoms. The number of hydrogen-bond donors (Lipinski definition) is 0. The number of hydrogen-bond acceptors (Lipinski definition) is 3. The van der Waals surface area contributed by atoms with E-state index >= 15 is 0 Å². The van der Waals surface area contributed by atoms with Gasteiger partial charge in [0.15, 0.2) is 0 Å². The molecule has 3 aromatic carbocycles. The molecule has 0 atom stereocenters. The minimum atomic E-state index is -0.792. The van der Waals surface area contributed by atoms with Gasteiger partial charge in [0, 0.05) is 22.1 Å². The lowest BCUT2D eigenvalue weighted by Gasteiger charge is -2.18. The van der Waals surface area contributed by atoms with Gasteiger partial charge in [0.2, 0.25) is 0 Å². The molecule has 3 nitrogen and oxygen atoms in total. The van der Waals surface area contributed by atoms with Crippen molar-refractivity contribution in [2.24, 2.45) is 0 Å². The van der Waals surface area contributed by atoms with Crippen LogP contribution in [0.5, 0.6) is 5.75 Å². The van der Waals surface area contributed by atoms with Gasteiger partial charge in [0.05, 0.1) is 11.6 Å². The SMILES string of the molecule is N#Cc1cccc(B(Oc2cccc3cccnc23)c2cc(Cl)ccc2F)c1. The van der Waals surface area contributed by atoms with Crippen LogP contribution in [0.15, 0.2) is 79.0 Å². The molecule has 1 heterocycles. The van der Waals surface area contributed by atoms with E-state index in [-0.39, 0.29) is 5.46 Å². The Labute approximate surface area is 167 Å². The molecule has 0 aliphatic carbocycles. The average Bonchev–Trinajstić information content (AvgIpc) is 2.74. The lowest BCUT2D eigenvalue weighted by atomic mass is 9.55. The number of pyridine rings is 1. The normalized spacial score (nSPS) is 10.5. The standard InChI is InChI=1S/C22H13BClFN2O/c24-18-9-10-20(25)19(13-18)23(17-7-1-4-15(12-17)14-26)28-21-8-2-5-16-6-3-11-27-22(16)21/h1-13H. The molecule has 4 rings (SSSR count). The predicted molar refractivity (Wildman–Crippen MR) is 110 cm³/mol. The first-order valence-electron chi connectivity index (χ1n) is 8.61. The summed E-state index contributed by atoms with van der Waals surface area (Å²) in [5.41, 5.74) is 2.07. The van der Waals surface area contributed by atoms with Crippen molar-refractivity contribution < 1.29 is 9.04 Å². The van der Waals surface area contributed by atoms with E-state index in [2.05, 4.69) is 11.1 Å². The van der Waals surface area contributed by atoms with Crippen LogP contribution in [0.3, 0.4) is 0 Å². The van der Waals surface area contributed by atoms with Gasteiger partial charge in [-0.15, -0.1) is 0 Å². The van der Waals surface area contributed by atoms with Gasteiger partial charge in [0.1, 0.15) is 17.1 Å². The quantitative estimate of drug-likeness (QED) is 0.496. The number of aromatic nitrogens is 1. The van der Waals surface area contributed by atoms with E-state index in [0.29, 0.717) is 27.3 Å². The van der Waals surface area contributed by atoms with E-state index in [4.69, 9.17) is 16.3 Å². The molecular formula is C22H13BClFN2O. The van der Waals surface area contributed by atoms with Crippen molar-refractivity contribution in [1.29, 1.82) is 5.26 Å². The Morgan fingerprint density at radius 2 is 1.82 bits per heavy atom. The number of fused-ring (bicyclic) bond motifs is 1. The van der Waals surface area contributed by atoms with Crippen LogP contribution >= 0.6 is 11.6 Å². The number of nitrogens with zero attached hydrogens (tertiary/aromatic N) is 2. The fourth-order valence-corrected chi connectivity index (χ4v) is 3.28. The highest BCUT2D eigenvalue weighted by atomic mass is 35.5. The Morgan fingerprint density at radius 1 is 1.00 bits per heavy atom. The summed E-state index contributed by atoms with van der Waals surface area (Å²) in [4.78, 5) is 4.40. The monoisotopic (exact) mass is 386 g/mol. The third-order valence-electron chi connectivity index (χ3n) is 4.40. The van der Waals surface area contributed by atoms with Crippen molar-refractivity contribution in [2.75, 3.05) is 0 Å². The molecule has 0 saturated carbocycles. The van der Waals surface area contributed by atoms with Crippen molar-refractivity contribution in [3.05, 3.63) is 95.4 Å². The highest BCUT2D eigenvalue weighted by molar-refractivity contribution is 6.80. The van der Waals surface area contributed by atoms with E-state index in [1.165, 1.54) is 12.1 Å². The zero-order valence-corrected chi connectivity index (χ0v) is 15.4. The number of para-hydroxylation sites is 1. The van der Waals surface area contributed by atoms with Gasteiger partial charge in [-0.3, -0.25) is 4.98 Å². The molecule has 0 unspecified atom stereocenters. The third-order valence-corrected chi connectivity index (χ3v) is 4.63. The summed E-state index contributed by atoms with van der Waals surface area (Å²) in [6.45, 7) is -0.792. The van der Waals surface area contributed by atoms with Crippen LogP contribution in [0.2, 0.25) is 5.02 Å². The Balaban J connectivity index is 1.87. The van der Waals surface area contributed by atoms with Gasteiger partial charge in [-0.25, -0.2) is 4.39 Å². The van der Waals surface area contributed by atoms with Crippen molar-refractivity contribution in [1.82, 2.24) is 4.98 Å². The summed E-state index contributed by atoms with van der Waals surface area (Å²) in [6.07, 6.45) is 1.68. The smallest absolute Gasteiger partial charge is 0.429 e. The Bertz CT molecular complexity index is 1200. The molecule has 0 N–H and O–H groups in total. The van der Waals surface area contributed by atoms with Crippen molar-refractivity contribution in [3.8, 4) is 11.8 Å². The highest BCUT2D eigenvalue weighted by Crippen LogP contribution is 2.24. The number of halogens is 2. The molecule has 0 fully saturated rings. The topological polar surface area (TPSA) is 45.9 Å². The maximum atomic E-state index is 14.7. The molecule has 1 aromatic heterocycles. The average molecular weight is 387 g/mol. The maximum absolute atomic E-state index is 14.7. The van der Waals surface area contributed by atoms with Crippen LogP contribution in [-0.4, -0.2) is 11.9 Å². The van der Waals surface area contributed by atoms with E-state index < -0.39 is 12.7 Å². The van der Waals surface area contributed by atoms with Crippen LogP contribution in [0.4, 0.5) is 4.39 Å². The summed E-state index contributed by atoms with van der Waals surface area (Å²) in [7, 11) is 0. The molecule has 6 heteroatoms. The molecule has 0 saturated heterocycles. The first-order chi connectivity index (χ1) is 13.7. The fraction of sp³-hybridized carbons (Fsp3) is 0. The van der Waals surface area contributed by atoms with Crippen molar-refractivity contribution >= 4 is 40.3 Å². The molecule has 0 bridgehead atoms.